The SMILES string of the molecule is Fc1ccc(N(c2ccc(-c3ccccc3)cc2)c2ccc(-c3ccc4ccc5nc(-c6ccccc6)c(-c6ccccc6)nc5c4c3)cc2)cc1. The summed E-state index contributed by atoms with van der Waals surface area (Å²) in [6.45, 7) is 0. The molecule has 1 heterocycles. The zero-order valence-electron chi connectivity index (χ0n) is 28.2. The van der Waals surface area contributed by atoms with Gasteiger partial charge in [-0.25, -0.2) is 14.4 Å². The van der Waals surface area contributed by atoms with E-state index in [-0.39, 0.29) is 5.82 Å². The third-order valence-corrected chi connectivity index (χ3v) is 9.52. The number of fused-ring (bicyclic) bond motifs is 3. The van der Waals surface area contributed by atoms with E-state index in [0.29, 0.717) is 0 Å². The van der Waals surface area contributed by atoms with Gasteiger partial charge in [0, 0.05) is 33.6 Å². The van der Waals surface area contributed by atoms with Crippen LogP contribution in [0.1, 0.15) is 0 Å². The summed E-state index contributed by atoms with van der Waals surface area (Å²) in [6, 6.07) is 65.3. The van der Waals surface area contributed by atoms with Crippen molar-refractivity contribution in [3.05, 3.63) is 200 Å². The molecule has 0 N–H and O–H groups in total. The molecule has 9 rings (SSSR count). The fourth-order valence-corrected chi connectivity index (χ4v) is 6.89. The van der Waals surface area contributed by atoms with Crippen LogP contribution in [0.2, 0.25) is 0 Å². The molecule has 0 unspecified atom stereocenters. The first-order valence-corrected chi connectivity index (χ1v) is 17.3. The van der Waals surface area contributed by atoms with Crippen molar-refractivity contribution in [2.75, 3.05) is 4.90 Å². The number of nitrogens with zero attached hydrogens (tertiary/aromatic N) is 3. The fraction of sp³-hybridized carbons (Fsp3) is 0. The van der Waals surface area contributed by atoms with Gasteiger partial charge in [-0.05, 0) is 88.3 Å². The molecule has 0 amide bonds. The Bertz CT molecular complexity index is 2640. The van der Waals surface area contributed by atoms with Crippen LogP contribution in [0.4, 0.5) is 21.5 Å². The second kappa shape index (κ2) is 13.4. The highest BCUT2D eigenvalue weighted by atomic mass is 19.1. The topological polar surface area (TPSA) is 29.0 Å². The molecule has 0 aliphatic carbocycles. The largest absolute Gasteiger partial charge is 0.311 e. The van der Waals surface area contributed by atoms with Crippen molar-refractivity contribution in [3.63, 3.8) is 0 Å². The molecule has 0 atom stereocenters. The van der Waals surface area contributed by atoms with E-state index >= 15 is 0 Å². The van der Waals surface area contributed by atoms with E-state index in [2.05, 4.69) is 120 Å². The Morgan fingerprint density at radius 2 is 0.788 bits per heavy atom. The molecule has 0 saturated heterocycles. The third kappa shape index (κ3) is 5.97. The molecule has 8 aromatic carbocycles. The van der Waals surface area contributed by atoms with Crippen molar-refractivity contribution in [1.29, 1.82) is 0 Å². The normalized spacial score (nSPS) is 11.2. The van der Waals surface area contributed by atoms with Crippen molar-refractivity contribution < 1.29 is 4.39 Å². The molecule has 0 radical (unpaired) electrons. The van der Waals surface area contributed by atoms with Crippen LogP contribution in [-0.2, 0) is 0 Å². The number of benzene rings is 8. The van der Waals surface area contributed by atoms with Gasteiger partial charge in [0.15, 0.2) is 0 Å². The molecule has 0 aliphatic rings. The summed E-state index contributed by atoms with van der Waals surface area (Å²) in [7, 11) is 0. The van der Waals surface area contributed by atoms with Gasteiger partial charge < -0.3 is 4.90 Å². The van der Waals surface area contributed by atoms with Gasteiger partial charge in [0.2, 0.25) is 0 Å². The van der Waals surface area contributed by atoms with Crippen molar-refractivity contribution in [1.82, 2.24) is 9.97 Å². The average Bonchev–Trinajstić information content (AvgIpc) is 3.22. The highest BCUT2D eigenvalue weighted by Crippen LogP contribution is 2.38. The van der Waals surface area contributed by atoms with Crippen molar-refractivity contribution in [2.45, 2.75) is 0 Å². The van der Waals surface area contributed by atoms with E-state index < -0.39 is 0 Å². The number of rotatable bonds is 7. The maximum Gasteiger partial charge on any atom is 0.123 e. The molecule has 0 aliphatic heterocycles. The summed E-state index contributed by atoms with van der Waals surface area (Å²) in [4.78, 5) is 12.7. The van der Waals surface area contributed by atoms with Crippen LogP contribution < -0.4 is 4.90 Å². The van der Waals surface area contributed by atoms with Crippen LogP contribution in [0.3, 0.4) is 0 Å². The van der Waals surface area contributed by atoms with Crippen LogP contribution in [-0.4, -0.2) is 9.97 Å². The molecule has 1 aromatic heterocycles. The predicted octanol–water partition coefficient (Wildman–Crippen LogP) is 13.1. The van der Waals surface area contributed by atoms with Crippen LogP contribution >= 0.6 is 0 Å². The number of hydrogen-bond acceptors (Lipinski definition) is 3. The molecule has 9 aromatic rings. The van der Waals surface area contributed by atoms with E-state index in [1.165, 1.54) is 12.1 Å². The van der Waals surface area contributed by atoms with E-state index in [1.54, 1.807) is 0 Å². The Morgan fingerprint density at radius 3 is 1.35 bits per heavy atom. The minimum atomic E-state index is -0.265. The lowest BCUT2D eigenvalue weighted by Gasteiger charge is -2.26. The lowest BCUT2D eigenvalue weighted by Crippen LogP contribution is -2.09. The summed E-state index contributed by atoms with van der Waals surface area (Å²) in [5.41, 5.74) is 12.8. The van der Waals surface area contributed by atoms with Gasteiger partial charge in [0.1, 0.15) is 5.82 Å². The lowest BCUT2D eigenvalue weighted by atomic mass is 9.99. The van der Waals surface area contributed by atoms with Gasteiger partial charge in [-0.3, -0.25) is 0 Å². The van der Waals surface area contributed by atoms with Crippen LogP contribution in [0.25, 0.3) is 66.6 Å². The van der Waals surface area contributed by atoms with Gasteiger partial charge in [-0.2, -0.15) is 0 Å². The maximum atomic E-state index is 14.0. The Hall–Kier alpha value is -6.91. The van der Waals surface area contributed by atoms with Crippen molar-refractivity contribution in [2.24, 2.45) is 0 Å². The molecule has 0 saturated carbocycles. The van der Waals surface area contributed by atoms with Gasteiger partial charge in [0.05, 0.1) is 22.4 Å². The number of anilines is 3. The van der Waals surface area contributed by atoms with E-state index in [0.717, 1.165) is 83.6 Å². The summed E-state index contributed by atoms with van der Waals surface area (Å²) in [5, 5.41) is 2.16. The van der Waals surface area contributed by atoms with Gasteiger partial charge in [-0.1, -0.05) is 133 Å². The molecule has 0 fully saturated rings. The first kappa shape index (κ1) is 31.1. The van der Waals surface area contributed by atoms with Gasteiger partial charge in [-0.15, -0.1) is 0 Å². The average molecular weight is 670 g/mol. The summed E-state index contributed by atoms with van der Waals surface area (Å²) in [6.07, 6.45) is 0. The second-order valence-electron chi connectivity index (χ2n) is 12.8. The first-order valence-electron chi connectivity index (χ1n) is 17.3. The number of aromatic nitrogens is 2. The monoisotopic (exact) mass is 669 g/mol. The standard InChI is InChI=1S/C48H32FN3/c49-40-23-29-43(30-24-40)52(41-25-18-34(19-26-41)33-10-4-1-5-11-33)42-27-20-35(21-28-42)39-17-16-36-22-31-45-48(44(36)32-39)51-47(38-14-8-3-9-15-38)46(50-45)37-12-6-2-7-13-37/h1-32H. The minimum Gasteiger partial charge on any atom is -0.311 e. The molecule has 4 heteroatoms. The highest BCUT2D eigenvalue weighted by Gasteiger charge is 2.16. The van der Waals surface area contributed by atoms with Gasteiger partial charge in [0.25, 0.3) is 0 Å². The molecule has 3 nitrogen and oxygen atoms in total. The molecule has 0 bridgehead atoms. The zero-order valence-corrected chi connectivity index (χ0v) is 28.2. The Balaban J connectivity index is 1.12. The molecular formula is C48H32FN3. The Kier molecular flexibility index (Phi) is 8.03. The first-order chi connectivity index (χ1) is 25.7. The molecule has 52 heavy (non-hydrogen) atoms. The summed E-state index contributed by atoms with van der Waals surface area (Å²) < 4.78 is 14.0. The zero-order chi connectivity index (χ0) is 34.9. The Morgan fingerprint density at radius 1 is 0.365 bits per heavy atom. The van der Waals surface area contributed by atoms with Gasteiger partial charge >= 0.3 is 0 Å². The number of hydrogen-bond donors (Lipinski definition) is 0. The Labute approximate surface area is 302 Å². The molecule has 0 spiro atoms. The summed E-state index contributed by atoms with van der Waals surface area (Å²) >= 11 is 0. The van der Waals surface area contributed by atoms with Crippen molar-refractivity contribution >= 4 is 38.9 Å². The van der Waals surface area contributed by atoms with Crippen LogP contribution in [0.15, 0.2) is 194 Å². The number of halogens is 1. The van der Waals surface area contributed by atoms with E-state index in [4.69, 9.17) is 9.97 Å². The van der Waals surface area contributed by atoms with E-state index in [1.807, 2.05) is 66.7 Å². The predicted molar refractivity (Wildman–Crippen MR) is 213 cm³/mol. The minimum absolute atomic E-state index is 0.265. The second-order valence-corrected chi connectivity index (χ2v) is 12.8. The van der Waals surface area contributed by atoms with E-state index in [9.17, 15) is 4.39 Å². The van der Waals surface area contributed by atoms with Crippen molar-refractivity contribution in [3.8, 4) is 44.8 Å². The molecule has 246 valence electrons. The smallest absolute Gasteiger partial charge is 0.123 e. The maximum absolute atomic E-state index is 14.0. The lowest BCUT2D eigenvalue weighted by molar-refractivity contribution is 0.628. The molecular weight excluding hydrogens is 638 g/mol. The fourth-order valence-electron chi connectivity index (χ4n) is 6.89. The summed E-state index contributed by atoms with van der Waals surface area (Å²) in [5.74, 6) is -0.265. The van der Waals surface area contributed by atoms with Crippen LogP contribution in [0, 0.1) is 5.82 Å². The van der Waals surface area contributed by atoms with Crippen LogP contribution in [0.5, 0.6) is 0 Å². The highest BCUT2D eigenvalue weighted by molar-refractivity contribution is 6.07. The quantitative estimate of drug-likeness (QED) is 0.158. The third-order valence-electron chi connectivity index (χ3n) is 9.52.